The minimum Gasteiger partial charge on any atom is -0.859 e. The van der Waals surface area contributed by atoms with Crippen LogP contribution in [0.2, 0.25) is 0 Å². The summed E-state index contributed by atoms with van der Waals surface area (Å²) < 4.78 is 3.85. The van der Waals surface area contributed by atoms with E-state index in [1.165, 1.54) is 19.4 Å². The van der Waals surface area contributed by atoms with Crippen LogP contribution in [0.3, 0.4) is 0 Å². The molecule has 1 aromatic heterocycles. The topological polar surface area (TPSA) is 64.5 Å². The van der Waals surface area contributed by atoms with Crippen LogP contribution >= 0.6 is 0 Å². The Bertz CT molecular complexity index is 1060. The summed E-state index contributed by atoms with van der Waals surface area (Å²) in [5, 5.41) is 18.7. The Morgan fingerprint density at radius 1 is 1.39 bits per heavy atom. The average Bonchev–Trinajstić information content (AvgIpc) is 2.97. The van der Waals surface area contributed by atoms with Gasteiger partial charge >= 0.3 is 146 Å². The monoisotopic (exact) mass is 826 g/mol. The third kappa shape index (κ3) is 8.89. The standard InChI is InChI=1S/C23H23N5.2W.Y/c1-7-19(8-2)14-25-12-11-16(3)26-15-22(17(4)24)20-9-10-23-21(13-20)18(5)27-28(23)6;;;/h1-2,7-11,13,25H,14H2,3-6H3;;;/q-4;;;+3. The summed E-state index contributed by atoms with van der Waals surface area (Å²) in [5.74, 6) is 0. The molecule has 1 aromatic carbocycles. The van der Waals surface area contributed by atoms with Crippen LogP contribution in [0.15, 0.2) is 47.0 Å². The van der Waals surface area contributed by atoms with E-state index in [1.807, 2.05) is 54.3 Å². The van der Waals surface area contributed by atoms with Crippen molar-refractivity contribution in [1.29, 1.82) is 0 Å². The van der Waals surface area contributed by atoms with E-state index in [4.69, 9.17) is 6.58 Å². The minimum absolute atomic E-state index is 0. The predicted octanol–water partition coefficient (Wildman–Crippen LogP) is 3.68. The zero-order valence-corrected chi connectivity index (χ0v) is 26.7. The van der Waals surface area contributed by atoms with Gasteiger partial charge in [0.25, 0.3) is 0 Å². The molecular weight excluding hydrogens is 803 g/mol. The van der Waals surface area contributed by atoms with Crippen LogP contribution in [-0.4, -0.2) is 32.1 Å². The van der Waals surface area contributed by atoms with Gasteiger partial charge in [-0.3, -0.25) is 4.68 Å². The van der Waals surface area contributed by atoms with E-state index in [1.54, 1.807) is 19.1 Å². The summed E-state index contributed by atoms with van der Waals surface area (Å²) in [5.41, 5.74) is 5.18. The number of allylic oxidation sites excluding steroid dienone is 3. The molecule has 0 spiro atoms. The summed E-state index contributed by atoms with van der Waals surface area (Å²) in [7, 11) is 1.91. The number of aromatic nitrogens is 2. The van der Waals surface area contributed by atoms with Crippen LogP contribution in [-0.2, 0) is 80.2 Å². The van der Waals surface area contributed by atoms with Gasteiger partial charge < -0.3 is 5.41 Å². The summed E-state index contributed by atoms with van der Waals surface area (Å²) in [6, 6.07) is 5.92. The van der Waals surface area contributed by atoms with E-state index in [9.17, 15) is 5.41 Å². The van der Waals surface area contributed by atoms with Crippen LogP contribution < -0.4 is 5.32 Å². The van der Waals surface area contributed by atoms with E-state index in [-0.39, 0.29) is 59.5 Å². The molecule has 1 N–H and O–H groups in total. The van der Waals surface area contributed by atoms with Gasteiger partial charge in [0.2, 0.25) is 0 Å². The van der Waals surface area contributed by atoms with Gasteiger partial charge in [0.05, 0.1) is 11.2 Å². The Labute approximate surface area is 235 Å². The molecule has 0 fully saturated rings. The first-order valence-corrected chi connectivity index (χ1v) is 10.7. The predicted molar refractivity (Wildman–Crippen MR) is 118 cm³/mol. The summed E-state index contributed by atoms with van der Waals surface area (Å²) in [6.07, 6.45) is 11.2. The Hall–Kier alpha value is -0.859. The zero-order valence-electron chi connectivity index (χ0n) is 18.0. The number of aliphatic imine (C=N–C) groups is 1. The van der Waals surface area contributed by atoms with Gasteiger partial charge in [-0.05, 0) is 13.0 Å². The molecule has 156 valence electrons. The molecule has 5 nitrogen and oxygen atoms in total. The van der Waals surface area contributed by atoms with E-state index >= 15 is 0 Å². The zero-order chi connectivity index (χ0) is 21.4. The smallest absolute Gasteiger partial charge is 0.859 e. The van der Waals surface area contributed by atoms with E-state index < -0.39 is 0 Å². The Morgan fingerprint density at radius 3 is 2.71 bits per heavy atom. The fraction of sp³-hybridized carbons (Fsp3) is 0.217. The van der Waals surface area contributed by atoms with Crippen molar-refractivity contribution in [1.82, 2.24) is 15.1 Å². The number of hydrogen-bond donors (Lipinski definition) is 1. The van der Waals surface area contributed by atoms with Crippen molar-refractivity contribution in [2.24, 2.45) is 12.0 Å². The van der Waals surface area contributed by atoms with Crippen LogP contribution in [0.4, 0.5) is 0 Å². The second kappa shape index (κ2) is 15.1. The number of hydrogen-bond acceptors (Lipinski definition) is 3. The number of nitrogens with zero attached hydrogens (tertiary/aromatic N) is 4. The van der Waals surface area contributed by atoms with Gasteiger partial charge in [-0.1, -0.05) is 19.1 Å². The van der Waals surface area contributed by atoms with Gasteiger partial charge in [0.1, 0.15) is 0 Å². The molecule has 0 saturated heterocycles. The number of nitrogens with one attached hydrogen (secondary N) is 1. The van der Waals surface area contributed by atoms with Crippen LogP contribution in [0, 0.1) is 25.9 Å². The minimum atomic E-state index is 0. The maximum atomic E-state index is 10.1. The van der Waals surface area contributed by atoms with Gasteiger partial charge in [-0.25, -0.2) is 0 Å². The van der Waals surface area contributed by atoms with Crippen molar-refractivity contribution in [3.05, 3.63) is 77.6 Å². The normalized spacial score (nSPS) is 12.3. The molecule has 1 heterocycles. The molecule has 0 saturated carbocycles. The Balaban J connectivity index is 0.00000450. The van der Waals surface area contributed by atoms with E-state index in [2.05, 4.69) is 27.8 Å². The molecule has 0 aliphatic carbocycles. The van der Waals surface area contributed by atoms with Crippen molar-refractivity contribution in [3.8, 4) is 0 Å². The Morgan fingerprint density at radius 2 is 2.10 bits per heavy atom. The summed E-state index contributed by atoms with van der Waals surface area (Å²) in [4.78, 5) is 4.32. The van der Waals surface area contributed by atoms with Gasteiger partial charge in [-0.15, -0.1) is 0 Å². The van der Waals surface area contributed by atoms with E-state index in [0.717, 1.165) is 27.7 Å². The van der Waals surface area contributed by atoms with Gasteiger partial charge in [0.15, 0.2) is 0 Å². The first-order chi connectivity index (χ1) is 13.9. The fourth-order valence-corrected chi connectivity index (χ4v) is 3.32. The van der Waals surface area contributed by atoms with Crippen molar-refractivity contribution >= 4 is 32.3 Å². The molecule has 0 bridgehead atoms. The number of aryl methyl sites for hydroxylation is 2. The number of fused-ring (bicyclic) bond motifs is 1. The second-order valence-electron chi connectivity index (χ2n) is 6.45. The first-order valence-electron chi connectivity index (χ1n) is 9.02. The molecule has 0 radical (unpaired) electrons. The second-order valence-corrected chi connectivity index (χ2v) is 7.43. The summed E-state index contributed by atoms with van der Waals surface area (Å²) >= 11 is 1.37. The number of benzene rings is 1. The molecule has 0 atom stereocenters. The van der Waals surface area contributed by atoms with Gasteiger partial charge in [0, 0.05) is 33.5 Å². The molecule has 0 amide bonds. The first kappa shape index (κ1) is 30.1. The van der Waals surface area contributed by atoms with Crippen molar-refractivity contribution in [3.63, 3.8) is 0 Å². The summed E-state index contributed by atoms with van der Waals surface area (Å²) in [6.45, 7) is 11.6. The molecular formula is C23H23N5W2Y-. The quantitative estimate of drug-likeness (QED) is 0.182. The van der Waals surface area contributed by atoms with Crippen LogP contribution in [0.25, 0.3) is 21.9 Å². The molecule has 8 heteroatoms. The van der Waals surface area contributed by atoms with Crippen LogP contribution in [0.1, 0.15) is 25.1 Å². The molecule has 2 aromatic rings. The maximum absolute atomic E-state index is 10.1. The molecule has 2 rings (SSSR count). The third-order valence-electron chi connectivity index (χ3n) is 4.20. The fourth-order valence-electron chi connectivity index (χ4n) is 2.70. The molecule has 0 aliphatic rings. The third-order valence-corrected chi connectivity index (χ3v) is 4.69. The van der Waals surface area contributed by atoms with E-state index in [0.29, 0.717) is 17.8 Å². The molecule has 31 heavy (non-hydrogen) atoms. The Kier molecular flexibility index (Phi) is 14.6. The average molecular weight is 826 g/mol. The van der Waals surface area contributed by atoms with Gasteiger partial charge in [-0.2, -0.15) is 5.10 Å². The number of rotatable bonds is 9. The van der Waals surface area contributed by atoms with Crippen molar-refractivity contribution in [2.45, 2.75) is 20.8 Å². The SMILES string of the molecule is [CH-]=CC(=C[CH]=[W])CN[C-]=CC(C)=N[C-]=C(C(C)=[N-])c1ccc2c(c1)c(C)nn2C.[W].[Y+3]. The van der Waals surface area contributed by atoms with Crippen molar-refractivity contribution in [2.75, 3.05) is 6.54 Å². The molecule has 0 aliphatic heterocycles. The molecule has 0 unspecified atom stereocenters. The van der Waals surface area contributed by atoms with Crippen LogP contribution in [0.5, 0.6) is 0 Å². The van der Waals surface area contributed by atoms with Crippen molar-refractivity contribution < 1.29 is 73.1 Å².